The van der Waals surface area contributed by atoms with E-state index in [1.54, 1.807) is 6.20 Å². The van der Waals surface area contributed by atoms with Gasteiger partial charge in [-0.1, -0.05) is 127 Å². The maximum Gasteiger partial charge on any atom is 0.159 e. The summed E-state index contributed by atoms with van der Waals surface area (Å²) in [5.74, 6) is 0.673. The van der Waals surface area contributed by atoms with Crippen LogP contribution in [-0.2, 0) is 0 Å². The second-order valence-electron chi connectivity index (χ2n) is 13.7. The summed E-state index contributed by atoms with van der Waals surface area (Å²) >= 11 is 0. The van der Waals surface area contributed by atoms with E-state index in [9.17, 15) is 0 Å². The minimum absolute atomic E-state index is 0.673. The smallest absolute Gasteiger partial charge is 0.159 e. The quantitative estimate of drug-likeness (QED) is 0.169. The molecule has 6 aromatic carbocycles. The van der Waals surface area contributed by atoms with Crippen molar-refractivity contribution in [3.63, 3.8) is 0 Å². The van der Waals surface area contributed by atoms with Crippen molar-refractivity contribution in [2.45, 2.75) is 0 Å². The van der Waals surface area contributed by atoms with E-state index in [-0.39, 0.29) is 0 Å². The van der Waals surface area contributed by atoms with E-state index in [0.29, 0.717) is 5.82 Å². The molecule has 0 saturated heterocycles. The van der Waals surface area contributed by atoms with Gasteiger partial charge in [0.2, 0.25) is 0 Å². The van der Waals surface area contributed by atoms with Gasteiger partial charge in [-0.25, -0.2) is 19.9 Å². The Bertz CT molecular complexity index is 3050. The molecule has 0 N–H and O–H groups in total. The predicted molar refractivity (Wildman–Crippen MR) is 220 cm³/mol. The van der Waals surface area contributed by atoms with Crippen LogP contribution >= 0.6 is 0 Å². The lowest BCUT2D eigenvalue weighted by Crippen LogP contribution is -1.92. The zero-order valence-corrected chi connectivity index (χ0v) is 29.0. The monoisotopic (exact) mass is 687 g/mol. The maximum atomic E-state index is 5.27. The van der Waals surface area contributed by atoms with Crippen molar-refractivity contribution in [3.8, 4) is 78.4 Å². The van der Waals surface area contributed by atoms with Crippen LogP contribution in [0, 0.1) is 0 Å². The van der Waals surface area contributed by atoms with Gasteiger partial charge in [-0.3, -0.25) is 4.98 Å². The van der Waals surface area contributed by atoms with Gasteiger partial charge < -0.3 is 0 Å². The highest BCUT2D eigenvalue weighted by Crippen LogP contribution is 2.49. The third kappa shape index (κ3) is 4.90. The average molecular weight is 688 g/mol. The Morgan fingerprint density at radius 3 is 1.67 bits per heavy atom. The fourth-order valence-electron chi connectivity index (χ4n) is 7.95. The van der Waals surface area contributed by atoms with Gasteiger partial charge in [0.05, 0.1) is 22.4 Å². The highest BCUT2D eigenvalue weighted by Gasteiger charge is 2.22. The van der Waals surface area contributed by atoms with E-state index in [1.807, 2.05) is 42.9 Å². The summed E-state index contributed by atoms with van der Waals surface area (Å²) in [4.78, 5) is 23.9. The van der Waals surface area contributed by atoms with E-state index in [0.717, 1.165) is 61.0 Å². The van der Waals surface area contributed by atoms with Crippen molar-refractivity contribution in [2.24, 2.45) is 0 Å². The molecule has 5 nitrogen and oxygen atoms in total. The van der Waals surface area contributed by atoms with Crippen molar-refractivity contribution >= 4 is 32.6 Å². The van der Waals surface area contributed by atoms with E-state index < -0.39 is 0 Å². The van der Waals surface area contributed by atoms with Gasteiger partial charge in [0.15, 0.2) is 5.82 Å². The molecule has 4 heterocycles. The molecule has 1 aliphatic rings. The maximum absolute atomic E-state index is 5.27. The Morgan fingerprint density at radius 2 is 0.944 bits per heavy atom. The number of benzene rings is 6. The number of aromatic nitrogens is 5. The number of rotatable bonds is 5. The molecule has 0 fully saturated rings. The van der Waals surface area contributed by atoms with E-state index in [2.05, 4.69) is 142 Å². The van der Waals surface area contributed by atoms with Crippen LogP contribution in [0.4, 0.5) is 0 Å². The molecule has 0 atom stereocenters. The first-order valence-electron chi connectivity index (χ1n) is 18.1. The Kier molecular flexibility index (Phi) is 6.79. The Labute approximate surface area is 311 Å². The molecule has 0 spiro atoms. The van der Waals surface area contributed by atoms with Crippen LogP contribution < -0.4 is 0 Å². The van der Waals surface area contributed by atoms with Crippen LogP contribution in [0.2, 0.25) is 0 Å². The van der Waals surface area contributed by atoms with E-state index >= 15 is 0 Å². The van der Waals surface area contributed by atoms with E-state index in [4.69, 9.17) is 9.97 Å². The van der Waals surface area contributed by atoms with Crippen molar-refractivity contribution < 1.29 is 0 Å². The second kappa shape index (κ2) is 12.1. The SMILES string of the molecule is c1cncc(-c2cnc(-c3ccc(-c4ccc5ccc6ccc(-c7cccc(-c8ccc9c%10c(cccc8%10)-c8ccccc8-9)c7)nc6c5n4)cc3)nc2)c1. The highest BCUT2D eigenvalue weighted by atomic mass is 14.9. The zero-order chi connectivity index (χ0) is 35.6. The largest absolute Gasteiger partial charge is 0.264 e. The lowest BCUT2D eigenvalue weighted by Gasteiger charge is -2.12. The Hall–Kier alpha value is -7.37. The summed E-state index contributed by atoms with van der Waals surface area (Å²) in [6.07, 6.45) is 7.26. The van der Waals surface area contributed by atoms with Crippen LogP contribution in [-0.4, -0.2) is 24.9 Å². The van der Waals surface area contributed by atoms with E-state index in [1.165, 1.54) is 44.2 Å². The number of nitrogens with zero attached hydrogens (tertiary/aromatic N) is 5. The van der Waals surface area contributed by atoms with Gasteiger partial charge in [-0.05, 0) is 68.4 Å². The number of hydrogen-bond donors (Lipinski definition) is 0. The molecule has 0 bridgehead atoms. The summed E-state index contributed by atoms with van der Waals surface area (Å²) in [5.41, 5.74) is 16.2. The van der Waals surface area contributed by atoms with Gasteiger partial charge in [0.25, 0.3) is 0 Å². The van der Waals surface area contributed by atoms with Gasteiger partial charge in [-0.15, -0.1) is 0 Å². The minimum Gasteiger partial charge on any atom is -0.264 e. The lowest BCUT2D eigenvalue weighted by molar-refractivity contribution is 1.17. The highest BCUT2D eigenvalue weighted by molar-refractivity contribution is 6.18. The van der Waals surface area contributed by atoms with Gasteiger partial charge >= 0.3 is 0 Å². The third-order valence-electron chi connectivity index (χ3n) is 10.6. The molecular formula is C49H29N5. The number of pyridine rings is 3. The summed E-state index contributed by atoms with van der Waals surface area (Å²) in [5, 5.41) is 4.71. The lowest BCUT2D eigenvalue weighted by atomic mass is 9.93. The molecule has 1 aliphatic carbocycles. The fraction of sp³-hybridized carbons (Fsp3) is 0. The van der Waals surface area contributed by atoms with Crippen molar-refractivity contribution in [1.29, 1.82) is 0 Å². The summed E-state index contributed by atoms with van der Waals surface area (Å²) < 4.78 is 0. The molecule has 0 unspecified atom stereocenters. The molecule has 10 aromatic rings. The molecule has 4 aromatic heterocycles. The van der Waals surface area contributed by atoms with Crippen LogP contribution in [0.5, 0.6) is 0 Å². The van der Waals surface area contributed by atoms with Crippen molar-refractivity contribution in [1.82, 2.24) is 24.9 Å². The first-order valence-corrected chi connectivity index (χ1v) is 18.1. The van der Waals surface area contributed by atoms with Crippen LogP contribution in [0.15, 0.2) is 176 Å². The minimum atomic E-state index is 0.673. The number of hydrogen-bond acceptors (Lipinski definition) is 5. The van der Waals surface area contributed by atoms with Crippen LogP contribution in [0.25, 0.3) is 111 Å². The second-order valence-corrected chi connectivity index (χ2v) is 13.7. The molecule has 11 rings (SSSR count). The molecule has 0 saturated carbocycles. The normalized spacial score (nSPS) is 11.7. The first-order chi connectivity index (χ1) is 26.7. The molecule has 5 heteroatoms. The van der Waals surface area contributed by atoms with Crippen LogP contribution in [0.1, 0.15) is 0 Å². The van der Waals surface area contributed by atoms with Gasteiger partial charge in [-0.2, -0.15) is 0 Å². The van der Waals surface area contributed by atoms with Crippen molar-refractivity contribution in [2.75, 3.05) is 0 Å². The topological polar surface area (TPSA) is 64.5 Å². The zero-order valence-electron chi connectivity index (χ0n) is 29.0. The first kappa shape index (κ1) is 30.3. The fourth-order valence-corrected chi connectivity index (χ4v) is 7.95. The average Bonchev–Trinajstić information content (AvgIpc) is 3.58. The third-order valence-corrected chi connectivity index (χ3v) is 10.6. The molecular weight excluding hydrogens is 659 g/mol. The van der Waals surface area contributed by atoms with Gasteiger partial charge in [0.1, 0.15) is 0 Å². The number of fused-ring (bicyclic) bond motifs is 6. The van der Waals surface area contributed by atoms with Crippen molar-refractivity contribution in [3.05, 3.63) is 176 Å². The van der Waals surface area contributed by atoms with Crippen LogP contribution in [0.3, 0.4) is 0 Å². The molecule has 54 heavy (non-hydrogen) atoms. The summed E-state index contributed by atoms with van der Waals surface area (Å²) in [6.45, 7) is 0. The Morgan fingerprint density at radius 1 is 0.352 bits per heavy atom. The molecule has 0 radical (unpaired) electrons. The Balaban J connectivity index is 0.939. The predicted octanol–water partition coefficient (Wildman–Crippen LogP) is 12.1. The standard InChI is InChI=1S/C49H29N5/c1-2-10-40-39(9-1)42-12-4-11-41-38(21-22-43(40)46(41)42)34-6-3-7-35(26-34)45-24-20-32-16-15-31-19-23-44(53-47(31)48(32)54-45)30-13-17-33(18-14-30)49-51-28-37(29-52-49)36-8-5-25-50-27-36/h1-29H. The molecule has 0 amide bonds. The summed E-state index contributed by atoms with van der Waals surface area (Å²) in [6, 6.07) is 53.6. The van der Waals surface area contributed by atoms with Gasteiger partial charge in [0, 0.05) is 63.4 Å². The molecule has 0 aliphatic heterocycles. The summed E-state index contributed by atoms with van der Waals surface area (Å²) in [7, 11) is 0. The molecule has 250 valence electrons.